The number of rotatable bonds is 3. The maximum atomic E-state index is 13.1. The Hall–Kier alpha value is -2.25. The van der Waals surface area contributed by atoms with Crippen molar-refractivity contribution < 1.29 is 9.13 Å². The van der Waals surface area contributed by atoms with Crippen LogP contribution in [0.1, 0.15) is 5.56 Å². The number of hydrogen-bond donors (Lipinski definition) is 1. The summed E-state index contributed by atoms with van der Waals surface area (Å²) in [7, 11) is 1.45. The van der Waals surface area contributed by atoms with Gasteiger partial charge < -0.3 is 10.1 Å². The van der Waals surface area contributed by atoms with Gasteiger partial charge in [0.25, 0.3) is 0 Å². The molecular formula is C14H10ClFN2O. The molecule has 2 aromatic carbocycles. The molecule has 0 saturated heterocycles. The first-order valence-electron chi connectivity index (χ1n) is 5.44. The highest BCUT2D eigenvalue weighted by Crippen LogP contribution is 2.30. The van der Waals surface area contributed by atoms with Gasteiger partial charge in [0.2, 0.25) is 0 Å². The second kappa shape index (κ2) is 5.59. The maximum Gasteiger partial charge on any atom is 0.145 e. The first-order valence-corrected chi connectivity index (χ1v) is 5.82. The van der Waals surface area contributed by atoms with Crippen LogP contribution in [0, 0.1) is 17.1 Å². The first kappa shape index (κ1) is 13.2. The highest BCUT2D eigenvalue weighted by Gasteiger charge is 2.08. The van der Waals surface area contributed by atoms with Crippen molar-refractivity contribution in [3.05, 3.63) is 52.8 Å². The van der Waals surface area contributed by atoms with E-state index >= 15 is 0 Å². The average molecular weight is 277 g/mol. The predicted molar refractivity (Wildman–Crippen MR) is 72.4 cm³/mol. The van der Waals surface area contributed by atoms with Gasteiger partial charge in [0, 0.05) is 11.1 Å². The second-order valence-corrected chi connectivity index (χ2v) is 4.21. The number of hydrogen-bond acceptors (Lipinski definition) is 3. The van der Waals surface area contributed by atoms with E-state index in [1.807, 2.05) is 6.07 Å². The van der Waals surface area contributed by atoms with Crippen LogP contribution < -0.4 is 10.1 Å². The second-order valence-electron chi connectivity index (χ2n) is 3.77. The molecule has 0 heterocycles. The average Bonchev–Trinajstić information content (AvgIpc) is 2.42. The fourth-order valence-corrected chi connectivity index (χ4v) is 1.80. The molecule has 19 heavy (non-hydrogen) atoms. The Morgan fingerprint density at radius 2 is 1.95 bits per heavy atom. The van der Waals surface area contributed by atoms with Crippen molar-refractivity contribution in [2.24, 2.45) is 0 Å². The van der Waals surface area contributed by atoms with E-state index in [-0.39, 0.29) is 5.82 Å². The van der Waals surface area contributed by atoms with E-state index in [1.54, 1.807) is 24.3 Å². The normalized spacial score (nSPS) is 9.79. The molecule has 0 radical (unpaired) electrons. The van der Waals surface area contributed by atoms with E-state index in [2.05, 4.69) is 5.32 Å². The van der Waals surface area contributed by atoms with Crippen molar-refractivity contribution in [1.82, 2.24) is 0 Å². The molecule has 0 atom stereocenters. The number of halogens is 2. The fraction of sp³-hybridized carbons (Fsp3) is 0.0714. The Balaban J connectivity index is 2.39. The molecule has 0 amide bonds. The molecule has 2 aromatic rings. The lowest BCUT2D eigenvalue weighted by Crippen LogP contribution is -1.97. The van der Waals surface area contributed by atoms with Crippen LogP contribution in [-0.4, -0.2) is 7.11 Å². The van der Waals surface area contributed by atoms with Crippen LogP contribution in [0.5, 0.6) is 5.75 Å². The molecule has 1 N–H and O–H groups in total. The summed E-state index contributed by atoms with van der Waals surface area (Å²) in [4.78, 5) is 0. The van der Waals surface area contributed by atoms with Gasteiger partial charge in [-0.15, -0.1) is 0 Å². The van der Waals surface area contributed by atoms with Crippen LogP contribution in [0.2, 0.25) is 5.02 Å². The molecule has 0 fully saturated rings. The van der Waals surface area contributed by atoms with Gasteiger partial charge in [0.05, 0.1) is 24.0 Å². The van der Waals surface area contributed by atoms with Crippen molar-refractivity contribution >= 4 is 23.0 Å². The molecule has 0 bridgehead atoms. The quantitative estimate of drug-likeness (QED) is 0.918. The van der Waals surface area contributed by atoms with Gasteiger partial charge in [-0.25, -0.2) is 4.39 Å². The molecule has 0 aromatic heterocycles. The third-order valence-electron chi connectivity index (χ3n) is 2.53. The lowest BCUT2D eigenvalue weighted by atomic mass is 10.2. The van der Waals surface area contributed by atoms with Crippen molar-refractivity contribution in [2.75, 3.05) is 12.4 Å². The van der Waals surface area contributed by atoms with Crippen LogP contribution in [0.3, 0.4) is 0 Å². The third-order valence-corrected chi connectivity index (χ3v) is 2.77. The summed E-state index contributed by atoms with van der Waals surface area (Å²) in [6.45, 7) is 0. The Morgan fingerprint density at radius 1 is 1.21 bits per heavy atom. The lowest BCUT2D eigenvalue weighted by molar-refractivity contribution is 0.413. The van der Waals surface area contributed by atoms with E-state index in [0.717, 1.165) is 0 Å². The van der Waals surface area contributed by atoms with E-state index in [4.69, 9.17) is 21.6 Å². The Labute approximate surface area is 115 Å². The molecule has 0 aliphatic rings. The molecule has 0 aliphatic heterocycles. The zero-order chi connectivity index (χ0) is 13.8. The monoisotopic (exact) mass is 276 g/mol. The summed E-state index contributed by atoms with van der Waals surface area (Å²) >= 11 is 5.82. The zero-order valence-electron chi connectivity index (χ0n) is 10.1. The summed E-state index contributed by atoms with van der Waals surface area (Å²) in [6.07, 6.45) is 0. The molecule has 0 saturated carbocycles. The van der Waals surface area contributed by atoms with E-state index < -0.39 is 0 Å². The first-order chi connectivity index (χ1) is 9.13. The summed E-state index contributed by atoms with van der Waals surface area (Å²) in [6, 6.07) is 11.1. The molecule has 0 spiro atoms. The highest BCUT2D eigenvalue weighted by molar-refractivity contribution is 6.30. The minimum Gasteiger partial charge on any atom is -0.494 e. The van der Waals surface area contributed by atoms with Crippen molar-refractivity contribution in [3.8, 4) is 11.8 Å². The van der Waals surface area contributed by atoms with Crippen LogP contribution in [0.25, 0.3) is 0 Å². The van der Waals surface area contributed by atoms with Crippen molar-refractivity contribution in [1.29, 1.82) is 5.26 Å². The SMILES string of the molecule is COc1cc(F)ccc1Nc1ccc(Cl)cc1C#N. The Morgan fingerprint density at radius 3 is 2.63 bits per heavy atom. The largest absolute Gasteiger partial charge is 0.494 e. The minimum atomic E-state index is -0.390. The lowest BCUT2D eigenvalue weighted by Gasteiger charge is -2.12. The van der Waals surface area contributed by atoms with Gasteiger partial charge in [0.15, 0.2) is 0 Å². The van der Waals surface area contributed by atoms with Crippen LogP contribution in [0.4, 0.5) is 15.8 Å². The molecule has 5 heteroatoms. The Bertz CT molecular complexity index is 652. The number of benzene rings is 2. The molecule has 2 rings (SSSR count). The summed E-state index contributed by atoms with van der Waals surface area (Å²) in [5, 5.41) is 12.6. The number of nitrogens with zero attached hydrogens (tertiary/aromatic N) is 1. The molecule has 96 valence electrons. The number of nitriles is 1. The van der Waals surface area contributed by atoms with Gasteiger partial charge in [-0.3, -0.25) is 0 Å². The molecule has 0 aliphatic carbocycles. The van der Waals surface area contributed by atoms with E-state index in [9.17, 15) is 4.39 Å². The topological polar surface area (TPSA) is 45.0 Å². The van der Waals surface area contributed by atoms with Gasteiger partial charge in [-0.05, 0) is 30.3 Å². The van der Waals surface area contributed by atoms with Crippen molar-refractivity contribution in [3.63, 3.8) is 0 Å². The highest BCUT2D eigenvalue weighted by atomic mass is 35.5. The third kappa shape index (κ3) is 2.95. The van der Waals surface area contributed by atoms with Gasteiger partial charge in [-0.1, -0.05) is 11.6 Å². The summed E-state index contributed by atoms with van der Waals surface area (Å²) in [5.74, 6) is -0.0298. The van der Waals surface area contributed by atoms with Crippen LogP contribution in [0.15, 0.2) is 36.4 Å². The number of nitrogens with one attached hydrogen (secondary N) is 1. The standard InChI is InChI=1S/C14H10ClFN2O/c1-19-14-7-11(16)3-5-13(14)18-12-4-2-10(15)6-9(12)8-17/h2-7,18H,1H3. The zero-order valence-corrected chi connectivity index (χ0v) is 10.8. The number of methoxy groups -OCH3 is 1. The smallest absolute Gasteiger partial charge is 0.145 e. The molecule has 0 unspecified atom stereocenters. The fourth-order valence-electron chi connectivity index (χ4n) is 1.63. The van der Waals surface area contributed by atoms with Crippen LogP contribution >= 0.6 is 11.6 Å². The molecule has 3 nitrogen and oxygen atoms in total. The number of anilines is 2. The van der Waals surface area contributed by atoms with E-state index in [0.29, 0.717) is 27.7 Å². The summed E-state index contributed by atoms with van der Waals surface area (Å²) in [5.41, 5.74) is 1.55. The summed E-state index contributed by atoms with van der Waals surface area (Å²) < 4.78 is 18.2. The van der Waals surface area contributed by atoms with Gasteiger partial charge in [0.1, 0.15) is 17.6 Å². The van der Waals surface area contributed by atoms with Crippen LogP contribution in [-0.2, 0) is 0 Å². The van der Waals surface area contributed by atoms with Crippen molar-refractivity contribution in [2.45, 2.75) is 0 Å². The molecular weight excluding hydrogens is 267 g/mol. The number of ether oxygens (including phenoxy) is 1. The Kier molecular flexibility index (Phi) is 3.88. The van der Waals surface area contributed by atoms with E-state index in [1.165, 1.54) is 19.2 Å². The minimum absolute atomic E-state index is 0.360. The van der Waals surface area contributed by atoms with Gasteiger partial charge in [-0.2, -0.15) is 5.26 Å². The predicted octanol–water partition coefficient (Wildman–Crippen LogP) is 4.10. The maximum absolute atomic E-state index is 13.1. The van der Waals surface area contributed by atoms with Gasteiger partial charge >= 0.3 is 0 Å².